The number of methoxy groups -OCH3 is 1. The molecule has 6 nitrogen and oxygen atoms in total. The van der Waals surface area contributed by atoms with Gasteiger partial charge in [0.1, 0.15) is 5.75 Å². The Labute approximate surface area is 194 Å². The van der Waals surface area contributed by atoms with Crippen LogP contribution in [0.5, 0.6) is 5.75 Å². The summed E-state index contributed by atoms with van der Waals surface area (Å²) in [6.45, 7) is 1.85. The van der Waals surface area contributed by atoms with E-state index in [1.165, 1.54) is 23.1 Å². The van der Waals surface area contributed by atoms with Crippen LogP contribution in [-0.4, -0.2) is 29.2 Å². The molecule has 0 aliphatic heterocycles. The topological polar surface area (TPSA) is 80.3 Å². The van der Waals surface area contributed by atoms with Crippen molar-refractivity contribution in [2.45, 2.75) is 17.1 Å². The van der Waals surface area contributed by atoms with Gasteiger partial charge in [0, 0.05) is 16.1 Å². The summed E-state index contributed by atoms with van der Waals surface area (Å²) in [6.07, 6.45) is 0. The maximum absolute atomic E-state index is 12.6. The predicted octanol–water partition coefficient (Wildman–Crippen LogP) is 5.68. The molecule has 4 aromatic rings. The summed E-state index contributed by atoms with van der Waals surface area (Å²) in [5.74, 6) is 0.395. The van der Waals surface area contributed by atoms with E-state index < -0.39 is 0 Å². The van der Waals surface area contributed by atoms with Crippen molar-refractivity contribution in [3.8, 4) is 5.75 Å². The van der Waals surface area contributed by atoms with Crippen molar-refractivity contribution in [1.29, 1.82) is 0 Å². The molecule has 0 fully saturated rings. The molecule has 0 saturated carbocycles. The zero-order valence-electron chi connectivity index (χ0n) is 17.5. The molecule has 0 aliphatic rings. The van der Waals surface area contributed by atoms with E-state index in [9.17, 15) is 9.59 Å². The highest BCUT2D eigenvalue weighted by Gasteiger charge is 2.16. The Morgan fingerprint density at radius 2 is 1.69 bits per heavy atom. The summed E-state index contributed by atoms with van der Waals surface area (Å²) in [5.41, 5.74) is 2.10. The van der Waals surface area contributed by atoms with Gasteiger partial charge in [0.25, 0.3) is 5.91 Å². The second-order valence-corrected chi connectivity index (χ2v) is 9.39. The van der Waals surface area contributed by atoms with Gasteiger partial charge < -0.3 is 15.4 Å². The van der Waals surface area contributed by atoms with Crippen LogP contribution in [0.4, 0.5) is 10.8 Å². The molecule has 1 atom stereocenters. The minimum absolute atomic E-state index is 0.106. The number of hydrogen-bond acceptors (Lipinski definition) is 6. The second kappa shape index (κ2) is 9.84. The fourth-order valence-corrected chi connectivity index (χ4v) is 4.69. The third kappa shape index (κ3) is 5.27. The number of aromatic nitrogens is 1. The molecule has 0 aliphatic carbocycles. The molecule has 1 heterocycles. The van der Waals surface area contributed by atoms with Crippen molar-refractivity contribution in [2.75, 3.05) is 17.7 Å². The SMILES string of the molecule is COc1ccc(C(=O)Nc2ccc(SC(C)C(=O)Nc3nc4ccccc4s3)cc2)cc1. The largest absolute Gasteiger partial charge is 0.497 e. The number of nitrogens with zero attached hydrogens (tertiary/aromatic N) is 1. The van der Waals surface area contributed by atoms with Gasteiger partial charge in [-0.15, -0.1) is 11.8 Å². The lowest BCUT2D eigenvalue weighted by molar-refractivity contribution is -0.115. The molecule has 0 radical (unpaired) electrons. The highest BCUT2D eigenvalue weighted by atomic mass is 32.2. The summed E-state index contributed by atoms with van der Waals surface area (Å²) >= 11 is 2.90. The molecule has 1 aromatic heterocycles. The van der Waals surface area contributed by atoms with Gasteiger partial charge in [0.2, 0.25) is 5.91 Å². The van der Waals surface area contributed by atoms with Crippen molar-refractivity contribution in [3.63, 3.8) is 0 Å². The predicted molar refractivity (Wildman–Crippen MR) is 131 cm³/mol. The first-order valence-electron chi connectivity index (χ1n) is 9.90. The van der Waals surface area contributed by atoms with Crippen molar-refractivity contribution >= 4 is 55.9 Å². The van der Waals surface area contributed by atoms with Crippen LogP contribution in [-0.2, 0) is 4.79 Å². The van der Waals surface area contributed by atoms with Gasteiger partial charge in [-0.3, -0.25) is 9.59 Å². The molecule has 0 saturated heterocycles. The average molecular weight is 464 g/mol. The number of para-hydroxylation sites is 1. The van der Waals surface area contributed by atoms with E-state index in [0.29, 0.717) is 22.1 Å². The summed E-state index contributed by atoms with van der Waals surface area (Å²) in [6, 6.07) is 22.1. The normalized spacial score (nSPS) is 11.7. The maximum atomic E-state index is 12.6. The Kier molecular flexibility index (Phi) is 6.72. The minimum Gasteiger partial charge on any atom is -0.497 e. The minimum atomic E-state index is -0.304. The molecule has 2 amide bonds. The molecule has 162 valence electrons. The molecule has 1 unspecified atom stereocenters. The van der Waals surface area contributed by atoms with Gasteiger partial charge in [-0.25, -0.2) is 4.98 Å². The van der Waals surface area contributed by atoms with E-state index in [1.54, 1.807) is 31.4 Å². The molecule has 32 heavy (non-hydrogen) atoms. The number of ether oxygens (including phenoxy) is 1. The van der Waals surface area contributed by atoms with Gasteiger partial charge in [0.15, 0.2) is 5.13 Å². The summed E-state index contributed by atoms with van der Waals surface area (Å²) in [7, 11) is 1.58. The van der Waals surface area contributed by atoms with Crippen molar-refractivity contribution in [2.24, 2.45) is 0 Å². The van der Waals surface area contributed by atoms with Crippen LogP contribution >= 0.6 is 23.1 Å². The van der Waals surface area contributed by atoms with E-state index in [-0.39, 0.29) is 17.1 Å². The molecule has 4 rings (SSSR count). The third-order valence-electron chi connectivity index (χ3n) is 4.67. The lowest BCUT2D eigenvalue weighted by Gasteiger charge is -2.11. The Hall–Kier alpha value is -3.36. The quantitative estimate of drug-likeness (QED) is 0.345. The molecular weight excluding hydrogens is 442 g/mol. The average Bonchev–Trinajstić information content (AvgIpc) is 3.22. The maximum Gasteiger partial charge on any atom is 0.255 e. The number of amides is 2. The number of anilines is 2. The fraction of sp³-hybridized carbons (Fsp3) is 0.125. The molecule has 2 N–H and O–H groups in total. The standard InChI is InChI=1S/C24H21N3O3S2/c1-15(22(28)27-24-26-20-5-3-4-6-21(20)32-24)31-19-13-9-17(10-14-19)25-23(29)16-7-11-18(30-2)12-8-16/h3-15H,1-2H3,(H,25,29)(H,26,27,28). The zero-order valence-corrected chi connectivity index (χ0v) is 19.1. The van der Waals surface area contributed by atoms with Crippen LogP contribution in [0.3, 0.4) is 0 Å². The number of benzene rings is 3. The number of nitrogens with one attached hydrogen (secondary N) is 2. The number of thioether (sulfide) groups is 1. The Bertz CT molecular complexity index is 1200. The van der Waals surface area contributed by atoms with Gasteiger partial charge >= 0.3 is 0 Å². The van der Waals surface area contributed by atoms with Crippen molar-refractivity contribution in [3.05, 3.63) is 78.4 Å². The first-order valence-corrected chi connectivity index (χ1v) is 11.6. The first kappa shape index (κ1) is 21.9. The number of fused-ring (bicyclic) bond motifs is 1. The van der Waals surface area contributed by atoms with E-state index in [1.807, 2.05) is 55.5 Å². The van der Waals surface area contributed by atoms with Crippen molar-refractivity contribution in [1.82, 2.24) is 4.98 Å². The number of thiazole rings is 1. The van der Waals surface area contributed by atoms with Gasteiger partial charge in [-0.2, -0.15) is 0 Å². The highest BCUT2D eigenvalue weighted by molar-refractivity contribution is 8.00. The van der Waals surface area contributed by atoms with Crippen LogP contribution in [0.15, 0.2) is 77.7 Å². The Morgan fingerprint density at radius 3 is 2.38 bits per heavy atom. The number of carbonyl (C=O) groups excluding carboxylic acids is 2. The third-order valence-corrected chi connectivity index (χ3v) is 6.73. The van der Waals surface area contributed by atoms with E-state index in [0.717, 1.165) is 15.1 Å². The number of rotatable bonds is 7. The molecular formula is C24H21N3O3S2. The van der Waals surface area contributed by atoms with E-state index in [2.05, 4.69) is 15.6 Å². The van der Waals surface area contributed by atoms with Gasteiger partial charge in [0.05, 0.1) is 22.6 Å². The van der Waals surface area contributed by atoms with Crippen molar-refractivity contribution < 1.29 is 14.3 Å². The first-order chi connectivity index (χ1) is 15.5. The molecule has 0 spiro atoms. The highest BCUT2D eigenvalue weighted by Crippen LogP contribution is 2.28. The number of hydrogen-bond donors (Lipinski definition) is 2. The zero-order chi connectivity index (χ0) is 22.5. The molecule has 8 heteroatoms. The Morgan fingerprint density at radius 1 is 0.969 bits per heavy atom. The van der Waals surface area contributed by atoms with Crippen LogP contribution < -0.4 is 15.4 Å². The van der Waals surface area contributed by atoms with Crippen LogP contribution in [0.1, 0.15) is 17.3 Å². The van der Waals surface area contributed by atoms with Crippen LogP contribution in [0.2, 0.25) is 0 Å². The lowest BCUT2D eigenvalue weighted by Crippen LogP contribution is -2.22. The Balaban J connectivity index is 1.32. The van der Waals surface area contributed by atoms with E-state index >= 15 is 0 Å². The van der Waals surface area contributed by atoms with Gasteiger partial charge in [-0.1, -0.05) is 23.5 Å². The lowest BCUT2D eigenvalue weighted by atomic mass is 10.2. The second-order valence-electron chi connectivity index (χ2n) is 6.94. The summed E-state index contributed by atoms with van der Waals surface area (Å²) in [5, 5.41) is 6.06. The monoisotopic (exact) mass is 463 g/mol. The fourth-order valence-electron chi connectivity index (χ4n) is 2.95. The summed E-state index contributed by atoms with van der Waals surface area (Å²) in [4.78, 5) is 30.3. The van der Waals surface area contributed by atoms with Crippen LogP contribution in [0, 0.1) is 0 Å². The molecule has 3 aromatic carbocycles. The van der Waals surface area contributed by atoms with E-state index in [4.69, 9.17) is 4.74 Å². The molecule has 0 bridgehead atoms. The van der Waals surface area contributed by atoms with Gasteiger partial charge in [-0.05, 0) is 67.6 Å². The number of carbonyl (C=O) groups is 2. The summed E-state index contributed by atoms with van der Waals surface area (Å²) < 4.78 is 6.15. The smallest absolute Gasteiger partial charge is 0.255 e. The van der Waals surface area contributed by atoms with Crippen LogP contribution in [0.25, 0.3) is 10.2 Å².